The fraction of sp³-hybridized carbons (Fsp3) is 0.654. The molecule has 1 aliphatic rings. The van der Waals surface area contributed by atoms with Gasteiger partial charge in [0.25, 0.3) is 5.91 Å². The van der Waals surface area contributed by atoms with Crippen LogP contribution >= 0.6 is 0 Å². The van der Waals surface area contributed by atoms with Gasteiger partial charge in [0.1, 0.15) is 19.3 Å². The number of nitrogens with two attached hydrogens (primary N) is 1. The summed E-state index contributed by atoms with van der Waals surface area (Å²) in [6.45, 7) is 4.75. The van der Waals surface area contributed by atoms with Crippen LogP contribution in [0.1, 0.15) is 70.4 Å². The normalized spacial score (nSPS) is 17.4. The summed E-state index contributed by atoms with van der Waals surface area (Å²) in [7, 11) is 0. The zero-order chi connectivity index (χ0) is 27.8. The molecule has 1 unspecified atom stereocenters. The number of carbonyl (C=O) groups excluding carboxylic acids is 3. The number of rotatable bonds is 10. The number of ether oxygens (including phenoxy) is 2. The van der Waals surface area contributed by atoms with Crippen molar-refractivity contribution in [1.82, 2.24) is 5.32 Å². The summed E-state index contributed by atoms with van der Waals surface area (Å²) in [6, 6.07) is 4.48. The van der Waals surface area contributed by atoms with Crippen LogP contribution < -0.4 is 11.1 Å². The zero-order valence-corrected chi connectivity index (χ0v) is 21.5. The van der Waals surface area contributed by atoms with Gasteiger partial charge in [0.15, 0.2) is 6.04 Å². The van der Waals surface area contributed by atoms with E-state index in [-0.39, 0.29) is 17.9 Å². The van der Waals surface area contributed by atoms with E-state index in [4.69, 9.17) is 10.5 Å². The molecular weight excluding hydrogens is 493 g/mol. The fourth-order valence-electron chi connectivity index (χ4n) is 4.15. The molecule has 37 heavy (non-hydrogen) atoms. The molecule has 1 aromatic rings. The lowest BCUT2D eigenvalue weighted by Crippen LogP contribution is -2.53. The first-order valence-electron chi connectivity index (χ1n) is 12.4. The Hall–Kier alpha value is -2.66. The number of alkyl halides is 3. The summed E-state index contributed by atoms with van der Waals surface area (Å²) in [6.07, 6.45) is -1.54. The van der Waals surface area contributed by atoms with Crippen molar-refractivity contribution in [3.05, 3.63) is 35.4 Å². The first-order valence-corrected chi connectivity index (χ1v) is 12.4. The zero-order valence-electron chi connectivity index (χ0n) is 21.5. The second-order valence-electron chi connectivity index (χ2n) is 10.6. The van der Waals surface area contributed by atoms with E-state index in [1.165, 1.54) is 0 Å². The molecule has 1 amide bonds. The molecule has 11 heteroatoms. The maximum atomic E-state index is 12.6. The highest BCUT2D eigenvalue weighted by Gasteiger charge is 2.42. The van der Waals surface area contributed by atoms with E-state index >= 15 is 0 Å². The van der Waals surface area contributed by atoms with Gasteiger partial charge in [-0.15, -0.1) is 0 Å². The predicted octanol–water partition coefficient (Wildman–Crippen LogP) is 3.28. The van der Waals surface area contributed by atoms with Gasteiger partial charge in [0.05, 0.1) is 0 Å². The SMILES string of the molecule is CC(C)(C)c1ccc(COC(=O)C(COC(=O)C(F)(F)F)NC(=O)[C@H](O)[C@H](N)CC2CCCCC2)cc1. The van der Waals surface area contributed by atoms with Gasteiger partial charge >= 0.3 is 18.1 Å². The third-order valence-electron chi connectivity index (χ3n) is 6.42. The van der Waals surface area contributed by atoms with Gasteiger partial charge in [0, 0.05) is 6.04 Å². The summed E-state index contributed by atoms with van der Waals surface area (Å²) < 4.78 is 47.0. The minimum atomic E-state index is -5.28. The lowest BCUT2D eigenvalue weighted by atomic mass is 9.84. The molecule has 4 N–H and O–H groups in total. The Labute approximate surface area is 215 Å². The molecule has 3 atom stereocenters. The number of aliphatic hydroxyl groups is 1. The highest BCUT2D eigenvalue weighted by molar-refractivity contribution is 5.87. The predicted molar refractivity (Wildman–Crippen MR) is 129 cm³/mol. The number of hydrogen-bond acceptors (Lipinski definition) is 7. The van der Waals surface area contributed by atoms with Crippen LogP contribution in [0.3, 0.4) is 0 Å². The van der Waals surface area contributed by atoms with Crippen molar-refractivity contribution in [1.29, 1.82) is 0 Å². The topological polar surface area (TPSA) is 128 Å². The maximum absolute atomic E-state index is 12.6. The molecule has 1 saturated carbocycles. The van der Waals surface area contributed by atoms with Crippen molar-refractivity contribution in [2.75, 3.05) is 6.61 Å². The number of nitrogens with one attached hydrogen (secondary N) is 1. The number of hydrogen-bond donors (Lipinski definition) is 3. The molecule has 0 spiro atoms. The summed E-state index contributed by atoms with van der Waals surface area (Å²) in [5, 5.41) is 12.5. The first kappa shape index (κ1) is 30.6. The molecule has 208 valence electrons. The molecule has 0 bridgehead atoms. The number of aliphatic hydroxyl groups excluding tert-OH is 1. The molecule has 1 aromatic carbocycles. The van der Waals surface area contributed by atoms with Gasteiger partial charge in [0.2, 0.25) is 0 Å². The van der Waals surface area contributed by atoms with Crippen LogP contribution in [-0.4, -0.2) is 53.9 Å². The van der Waals surface area contributed by atoms with Crippen LogP contribution in [-0.2, 0) is 35.9 Å². The van der Waals surface area contributed by atoms with Crippen LogP contribution in [0, 0.1) is 5.92 Å². The fourth-order valence-corrected chi connectivity index (χ4v) is 4.15. The summed E-state index contributed by atoms with van der Waals surface area (Å²) in [5.74, 6) is -4.46. The maximum Gasteiger partial charge on any atom is 0.490 e. The molecule has 0 radical (unpaired) electrons. The smallest absolute Gasteiger partial charge is 0.459 e. The molecule has 8 nitrogen and oxygen atoms in total. The third kappa shape index (κ3) is 9.96. The molecular formula is C26H37F3N2O6. The Kier molecular flexibility index (Phi) is 10.9. The van der Waals surface area contributed by atoms with Gasteiger partial charge in [-0.05, 0) is 28.9 Å². The average molecular weight is 531 g/mol. The second kappa shape index (κ2) is 13.2. The van der Waals surface area contributed by atoms with Crippen LogP contribution in [0.25, 0.3) is 0 Å². The lowest BCUT2D eigenvalue weighted by Gasteiger charge is -2.27. The van der Waals surface area contributed by atoms with Crippen LogP contribution in [0.15, 0.2) is 24.3 Å². The monoisotopic (exact) mass is 530 g/mol. The number of amides is 1. The van der Waals surface area contributed by atoms with Crippen LogP contribution in [0.5, 0.6) is 0 Å². The van der Waals surface area contributed by atoms with Crippen LogP contribution in [0.2, 0.25) is 0 Å². The van der Waals surface area contributed by atoms with Gasteiger partial charge in [-0.1, -0.05) is 77.1 Å². The Morgan fingerprint density at radius 2 is 1.65 bits per heavy atom. The average Bonchev–Trinajstić information content (AvgIpc) is 2.83. The molecule has 0 aromatic heterocycles. The van der Waals surface area contributed by atoms with E-state index < -0.39 is 48.8 Å². The Balaban J connectivity index is 2.02. The molecule has 0 saturated heterocycles. The van der Waals surface area contributed by atoms with Crippen molar-refractivity contribution >= 4 is 17.8 Å². The largest absolute Gasteiger partial charge is 0.490 e. The van der Waals surface area contributed by atoms with E-state index in [2.05, 4.69) is 10.1 Å². The Morgan fingerprint density at radius 3 is 2.19 bits per heavy atom. The van der Waals surface area contributed by atoms with Gasteiger partial charge in [-0.25, -0.2) is 9.59 Å². The van der Waals surface area contributed by atoms with Gasteiger partial charge < -0.3 is 25.6 Å². The minimum Gasteiger partial charge on any atom is -0.459 e. The Morgan fingerprint density at radius 1 is 1.05 bits per heavy atom. The number of benzene rings is 1. The van der Waals surface area contributed by atoms with E-state index in [9.17, 15) is 32.7 Å². The third-order valence-corrected chi connectivity index (χ3v) is 6.42. The highest BCUT2D eigenvalue weighted by atomic mass is 19.4. The lowest BCUT2D eigenvalue weighted by molar-refractivity contribution is -0.201. The van der Waals surface area contributed by atoms with Crippen LogP contribution in [0.4, 0.5) is 13.2 Å². The van der Waals surface area contributed by atoms with Crippen molar-refractivity contribution < 1.29 is 42.1 Å². The summed E-state index contributed by atoms with van der Waals surface area (Å²) in [5.41, 5.74) is 7.56. The van der Waals surface area contributed by atoms with Crippen molar-refractivity contribution in [3.63, 3.8) is 0 Å². The second-order valence-corrected chi connectivity index (χ2v) is 10.6. The van der Waals surface area contributed by atoms with E-state index in [0.717, 1.165) is 37.7 Å². The summed E-state index contributed by atoms with van der Waals surface area (Å²) >= 11 is 0. The number of halogens is 3. The first-order chi connectivity index (χ1) is 17.2. The molecule has 0 heterocycles. The number of esters is 2. The Bertz CT molecular complexity index is 908. The minimum absolute atomic E-state index is 0.0917. The van der Waals surface area contributed by atoms with E-state index in [1.807, 2.05) is 32.9 Å². The number of carbonyl (C=O) groups is 3. The molecule has 1 aliphatic carbocycles. The van der Waals surface area contributed by atoms with Crippen molar-refractivity contribution in [2.45, 2.75) is 95.7 Å². The van der Waals surface area contributed by atoms with E-state index in [0.29, 0.717) is 12.0 Å². The van der Waals surface area contributed by atoms with Crippen molar-refractivity contribution in [3.8, 4) is 0 Å². The molecule has 0 aliphatic heterocycles. The van der Waals surface area contributed by atoms with Crippen molar-refractivity contribution in [2.24, 2.45) is 11.7 Å². The van der Waals surface area contributed by atoms with Gasteiger partial charge in [-0.3, -0.25) is 4.79 Å². The summed E-state index contributed by atoms with van der Waals surface area (Å²) in [4.78, 5) is 36.4. The van der Waals surface area contributed by atoms with Gasteiger partial charge in [-0.2, -0.15) is 13.2 Å². The molecule has 1 fully saturated rings. The highest BCUT2D eigenvalue weighted by Crippen LogP contribution is 2.27. The van der Waals surface area contributed by atoms with E-state index in [1.54, 1.807) is 12.1 Å². The molecule has 2 rings (SSSR count). The quantitative estimate of drug-likeness (QED) is 0.396. The standard InChI is InChI=1S/C26H37F3N2O6/c1-25(2,3)18-11-9-17(10-12-18)14-36-23(34)20(15-37-24(35)26(27,28)29)31-22(33)21(32)19(30)13-16-7-5-4-6-8-16/h9-12,16,19-21,32H,4-8,13-15,30H2,1-3H3,(H,31,33)/t19-,20?,21-/m1/s1.